The number of pyridine rings is 1. The Bertz CT molecular complexity index is 378. The first kappa shape index (κ1) is 13.0. The molecule has 1 aliphatic rings. The second kappa shape index (κ2) is 6.44. The Labute approximate surface area is 108 Å². The Kier molecular flexibility index (Phi) is 4.64. The maximum atomic E-state index is 5.78. The number of nitrogens with zero attached hydrogens (tertiary/aromatic N) is 1. The van der Waals surface area contributed by atoms with Crippen molar-refractivity contribution in [3.8, 4) is 5.88 Å². The summed E-state index contributed by atoms with van der Waals surface area (Å²) < 4.78 is 10.7. The van der Waals surface area contributed by atoms with E-state index in [0.29, 0.717) is 24.1 Å². The first-order valence-electron chi connectivity index (χ1n) is 6.50. The van der Waals surface area contributed by atoms with Crippen molar-refractivity contribution in [1.29, 1.82) is 0 Å². The van der Waals surface area contributed by atoms with Gasteiger partial charge in [-0.1, -0.05) is 0 Å². The molecule has 18 heavy (non-hydrogen) atoms. The average Bonchev–Trinajstić information content (AvgIpc) is 2.41. The molecule has 1 aromatic rings. The third-order valence-corrected chi connectivity index (χ3v) is 3.08. The van der Waals surface area contributed by atoms with E-state index in [1.165, 1.54) is 0 Å². The number of nitrogens with two attached hydrogens (primary N) is 1. The molecule has 5 heteroatoms. The van der Waals surface area contributed by atoms with Gasteiger partial charge in [-0.05, 0) is 37.8 Å². The number of hydrogen-bond donors (Lipinski definition) is 2. The summed E-state index contributed by atoms with van der Waals surface area (Å²) in [6, 6.07) is 3.71. The minimum absolute atomic E-state index is 0.509. The summed E-state index contributed by atoms with van der Waals surface area (Å²) in [4.78, 5) is 4.36. The van der Waals surface area contributed by atoms with Gasteiger partial charge in [0.1, 0.15) is 5.82 Å². The van der Waals surface area contributed by atoms with Gasteiger partial charge in [-0.2, -0.15) is 4.98 Å². The van der Waals surface area contributed by atoms with Crippen LogP contribution in [0.2, 0.25) is 0 Å². The van der Waals surface area contributed by atoms with Crippen LogP contribution < -0.4 is 15.8 Å². The number of aromatic nitrogens is 1. The van der Waals surface area contributed by atoms with E-state index in [1.807, 2.05) is 19.1 Å². The molecule has 0 saturated carbocycles. The normalized spacial score (nSPS) is 16.5. The van der Waals surface area contributed by atoms with Crippen LogP contribution in [0.3, 0.4) is 0 Å². The zero-order chi connectivity index (χ0) is 12.8. The van der Waals surface area contributed by atoms with Crippen LogP contribution in [-0.2, 0) is 4.74 Å². The monoisotopic (exact) mass is 251 g/mol. The van der Waals surface area contributed by atoms with E-state index in [0.717, 1.165) is 38.4 Å². The second-order valence-electron chi connectivity index (χ2n) is 4.46. The zero-order valence-corrected chi connectivity index (χ0v) is 10.8. The number of ether oxygens (including phenoxy) is 2. The van der Waals surface area contributed by atoms with Gasteiger partial charge < -0.3 is 20.5 Å². The molecule has 3 N–H and O–H groups in total. The molecule has 100 valence electrons. The van der Waals surface area contributed by atoms with E-state index in [9.17, 15) is 0 Å². The van der Waals surface area contributed by atoms with Crippen molar-refractivity contribution < 1.29 is 9.47 Å². The van der Waals surface area contributed by atoms with Gasteiger partial charge in [-0.25, -0.2) is 0 Å². The van der Waals surface area contributed by atoms with Crippen LogP contribution in [0.25, 0.3) is 0 Å². The molecule has 1 aliphatic heterocycles. The lowest BCUT2D eigenvalue weighted by atomic mass is 10.0. The van der Waals surface area contributed by atoms with Crippen molar-refractivity contribution in [2.24, 2.45) is 5.92 Å². The van der Waals surface area contributed by atoms with E-state index >= 15 is 0 Å². The van der Waals surface area contributed by atoms with E-state index < -0.39 is 0 Å². The van der Waals surface area contributed by atoms with Gasteiger partial charge in [0.2, 0.25) is 5.88 Å². The summed E-state index contributed by atoms with van der Waals surface area (Å²) in [6.07, 6.45) is 2.22. The van der Waals surface area contributed by atoms with Crippen molar-refractivity contribution in [2.75, 3.05) is 37.4 Å². The number of anilines is 2. The SMILES string of the molecule is CCOc1nc(NCC2CCOCC2)ccc1N. The second-order valence-corrected chi connectivity index (χ2v) is 4.46. The van der Waals surface area contributed by atoms with E-state index in [2.05, 4.69) is 10.3 Å². The Balaban J connectivity index is 1.90. The molecule has 1 saturated heterocycles. The molecule has 2 rings (SSSR count). The maximum Gasteiger partial charge on any atom is 0.239 e. The quantitative estimate of drug-likeness (QED) is 0.836. The molecule has 5 nitrogen and oxygen atoms in total. The number of nitrogens with one attached hydrogen (secondary N) is 1. The highest BCUT2D eigenvalue weighted by molar-refractivity contribution is 5.53. The highest BCUT2D eigenvalue weighted by Crippen LogP contribution is 2.21. The van der Waals surface area contributed by atoms with Gasteiger partial charge in [-0.3, -0.25) is 0 Å². The Morgan fingerprint density at radius 3 is 2.94 bits per heavy atom. The Morgan fingerprint density at radius 2 is 2.22 bits per heavy atom. The predicted octanol–water partition coefficient (Wildman–Crippen LogP) is 1.90. The van der Waals surface area contributed by atoms with E-state index in [1.54, 1.807) is 0 Å². The van der Waals surface area contributed by atoms with Crippen LogP contribution >= 0.6 is 0 Å². The molecule has 0 unspecified atom stereocenters. The lowest BCUT2D eigenvalue weighted by molar-refractivity contribution is 0.0699. The Morgan fingerprint density at radius 1 is 1.44 bits per heavy atom. The average molecular weight is 251 g/mol. The molecule has 1 aromatic heterocycles. The number of hydrogen-bond acceptors (Lipinski definition) is 5. The fourth-order valence-corrected chi connectivity index (χ4v) is 2.00. The third-order valence-electron chi connectivity index (χ3n) is 3.08. The Hall–Kier alpha value is -1.49. The standard InChI is InChI=1S/C13H21N3O2/c1-2-18-13-11(14)3-4-12(16-13)15-9-10-5-7-17-8-6-10/h3-4,10H,2,5-9,14H2,1H3,(H,15,16). The molecule has 1 fully saturated rings. The van der Waals surface area contributed by atoms with Crippen LogP contribution in [0.5, 0.6) is 5.88 Å². The van der Waals surface area contributed by atoms with Gasteiger partial charge in [0.05, 0.1) is 12.3 Å². The molecule has 0 atom stereocenters. The summed E-state index contributed by atoms with van der Waals surface area (Å²) in [6.45, 7) is 5.15. The summed E-state index contributed by atoms with van der Waals surface area (Å²) in [5, 5.41) is 3.34. The maximum absolute atomic E-state index is 5.78. The van der Waals surface area contributed by atoms with Crippen molar-refractivity contribution in [2.45, 2.75) is 19.8 Å². The summed E-state index contributed by atoms with van der Waals surface area (Å²) in [5.74, 6) is 1.99. The topological polar surface area (TPSA) is 69.4 Å². The zero-order valence-electron chi connectivity index (χ0n) is 10.8. The molecular weight excluding hydrogens is 230 g/mol. The van der Waals surface area contributed by atoms with Gasteiger partial charge in [0.25, 0.3) is 0 Å². The first-order valence-corrected chi connectivity index (χ1v) is 6.50. The molecule has 0 amide bonds. The van der Waals surface area contributed by atoms with Crippen LogP contribution in [0.15, 0.2) is 12.1 Å². The van der Waals surface area contributed by atoms with E-state index in [-0.39, 0.29) is 0 Å². The van der Waals surface area contributed by atoms with Crippen LogP contribution in [0.4, 0.5) is 11.5 Å². The summed E-state index contributed by atoms with van der Waals surface area (Å²) in [5.41, 5.74) is 6.36. The molecular formula is C13H21N3O2. The van der Waals surface area contributed by atoms with Gasteiger partial charge in [0.15, 0.2) is 0 Å². The molecule has 0 aromatic carbocycles. The molecule has 0 bridgehead atoms. The summed E-state index contributed by atoms with van der Waals surface area (Å²) >= 11 is 0. The molecule has 0 radical (unpaired) electrons. The fraction of sp³-hybridized carbons (Fsp3) is 0.615. The smallest absolute Gasteiger partial charge is 0.239 e. The largest absolute Gasteiger partial charge is 0.476 e. The lowest BCUT2D eigenvalue weighted by Crippen LogP contribution is -2.23. The lowest BCUT2D eigenvalue weighted by Gasteiger charge is -2.22. The van der Waals surface area contributed by atoms with E-state index in [4.69, 9.17) is 15.2 Å². The fourth-order valence-electron chi connectivity index (χ4n) is 2.00. The highest BCUT2D eigenvalue weighted by atomic mass is 16.5. The van der Waals surface area contributed by atoms with Crippen molar-refractivity contribution in [3.05, 3.63) is 12.1 Å². The predicted molar refractivity (Wildman–Crippen MR) is 71.9 cm³/mol. The van der Waals surface area contributed by atoms with Gasteiger partial charge in [0, 0.05) is 19.8 Å². The van der Waals surface area contributed by atoms with Crippen LogP contribution in [-0.4, -0.2) is 31.3 Å². The first-order chi connectivity index (χ1) is 8.79. The van der Waals surface area contributed by atoms with Crippen molar-refractivity contribution in [1.82, 2.24) is 4.98 Å². The van der Waals surface area contributed by atoms with Gasteiger partial charge >= 0.3 is 0 Å². The minimum Gasteiger partial charge on any atom is -0.476 e. The highest BCUT2D eigenvalue weighted by Gasteiger charge is 2.13. The van der Waals surface area contributed by atoms with Crippen LogP contribution in [0, 0.1) is 5.92 Å². The van der Waals surface area contributed by atoms with Crippen molar-refractivity contribution >= 4 is 11.5 Å². The van der Waals surface area contributed by atoms with Gasteiger partial charge in [-0.15, -0.1) is 0 Å². The summed E-state index contributed by atoms with van der Waals surface area (Å²) in [7, 11) is 0. The number of nitrogen functional groups attached to an aromatic ring is 1. The molecule has 0 spiro atoms. The van der Waals surface area contributed by atoms with Crippen molar-refractivity contribution in [3.63, 3.8) is 0 Å². The molecule has 2 heterocycles. The third kappa shape index (κ3) is 3.50. The molecule has 0 aliphatic carbocycles. The van der Waals surface area contributed by atoms with Crippen LogP contribution in [0.1, 0.15) is 19.8 Å². The minimum atomic E-state index is 0.509. The number of rotatable bonds is 5.